The maximum absolute atomic E-state index is 12.9. The molecule has 1 aromatic heterocycles. The number of ether oxygens (including phenoxy) is 1. The minimum Gasteiger partial charge on any atom is -0.464 e. The van der Waals surface area contributed by atoms with Gasteiger partial charge in [0.05, 0.1) is 7.11 Å². The van der Waals surface area contributed by atoms with Crippen LogP contribution in [0.25, 0.3) is 0 Å². The fourth-order valence-electron chi connectivity index (χ4n) is 0.587. The smallest absolute Gasteiger partial charge is 0.359 e. The third-order valence-electron chi connectivity index (χ3n) is 1.13. The molecule has 1 rings (SSSR count). The highest BCUT2D eigenvalue weighted by atomic mass is 35.5. The van der Waals surface area contributed by atoms with Crippen LogP contribution in [0.2, 0.25) is 5.15 Å². The minimum atomic E-state index is -0.967. The molecule has 0 radical (unpaired) electrons. The van der Waals surface area contributed by atoms with E-state index < -0.39 is 22.6 Å². The lowest BCUT2D eigenvalue weighted by molar-refractivity contribution is 0.0588. The molecule has 1 aromatic rings. The fraction of sp³-hybridized carbons (Fsp3) is 0.167. The number of aromatic nitrogens is 2. The molecule has 0 fully saturated rings. The average Bonchev–Trinajstić information content (AvgIpc) is 2.08. The van der Waals surface area contributed by atoms with E-state index in [0.717, 1.165) is 13.4 Å². The van der Waals surface area contributed by atoms with Crippen LogP contribution in [-0.4, -0.2) is 23.0 Å². The second kappa shape index (κ2) is 3.44. The summed E-state index contributed by atoms with van der Waals surface area (Å²) in [5.41, 5.74) is -0.461. The van der Waals surface area contributed by atoms with Crippen LogP contribution in [0.4, 0.5) is 4.39 Å². The van der Waals surface area contributed by atoms with Gasteiger partial charge in [0, 0.05) is 0 Å². The number of hydrogen-bond acceptors (Lipinski definition) is 4. The molecule has 1 heterocycles. The van der Waals surface area contributed by atoms with Gasteiger partial charge in [-0.2, -0.15) is 0 Å². The van der Waals surface area contributed by atoms with E-state index in [2.05, 4.69) is 14.7 Å². The Bertz CT molecular complexity index is 318. The largest absolute Gasteiger partial charge is 0.464 e. The molecule has 6 heteroatoms. The molecule has 0 aliphatic carbocycles. The van der Waals surface area contributed by atoms with Gasteiger partial charge in [0.1, 0.15) is 6.33 Å². The van der Waals surface area contributed by atoms with Gasteiger partial charge in [-0.3, -0.25) is 0 Å². The van der Waals surface area contributed by atoms with Crippen molar-refractivity contribution in [1.82, 2.24) is 9.97 Å². The van der Waals surface area contributed by atoms with Crippen molar-refractivity contribution in [2.45, 2.75) is 0 Å². The second-order valence-electron chi connectivity index (χ2n) is 1.82. The summed E-state index contributed by atoms with van der Waals surface area (Å²) in [6.07, 6.45) is 0.984. The number of rotatable bonds is 1. The highest BCUT2D eigenvalue weighted by Crippen LogP contribution is 2.12. The Balaban J connectivity index is 3.16. The molecule has 12 heavy (non-hydrogen) atoms. The van der Waals surface area contributed by atoms with Crippen molar-refractivity contribution in [2.24, 2.45) is 0 Å². The number of carbonyl (C=O) groups excluding carboxylic acids is 1. The summed E-state index contributed by atoms with van der Waals surface area (Å²) in [5, 5.41) is -0.398. The topological polar surface area (TPSA) is 52.1 Å². The molecule has 0 spiro atoms. The van der Waals surface area contributed by atoms with Crippen LogP contribution in [0.1, 0.15) is 10.5 Å². The number of carbonyl (C=O) groups is 1. The zero-order chi connectivity index (χ0) is 9.14. The Kier molecular flexibility index (Phi) is 2.54. The van der Waals surface area contributed by atoms with Gasteiger partial charge < -0.3 is 4.74 Å². The summed E-state index contributed by atoms with van der Waals surface area (Å²) in [7, 11) is 1.12. The van der Waals surface area contributed by atoms with Gasteiger partial charge in [0.25, 0.3) is 0 Å². The van der Waals surface area contributed by atoms with Gasteiger partial charge in [-0.25, -0.2) is 19.2 Å². The van der Waals surface area contributed by atoms with Crippen molar-refractivity contribution >= 4 is 17.6 Å². The molecule has 0 aliphatic heterocycles. The van der Waals surface area contributed by atoms with Crippen molar-refractivity contribution in [3.8, 4) is 0 Å². The molecule has 64 valence electrons. The third kappa shape index (κ3) is 1.50. The van der Waals surface area contributed by atoms with Crippen LogP contribution in [0.15, 0.2) is 6.33 Å². The highest BCUT2D eigenvalue weighted by Gasteiger charge is 2.16. The van der Waals surface area contributed by atoms with Crippen LogP contribution >= 0.6 is 11.6 Å². The first-order valence-corrected chi connectivity index (χ1v) is 3.29. The second-order valence-corrected chi connectivity index (χ2v) is 2.18. The first kappa shape index (κ1) is 8.86. The van der Waals surface area contributed by atoms with E-state index in [1.165, 1.54) is 0 Å². The predicted molar refractivity (Wildman–Crippen MR) is 38.3 cm³/mol. The van der Waals surface area contributed by atoms with Gasteiger partial charge in [-0.05, 0) is 0 Å². The molecule has 0 N–H and O–H groups in total. The van der Waals surface area contributed by atoms with Gasteiger partial charge in [-0.1, -0.05) is 11.6 Å². The first-order valence-electron chi connectivity index (χ1n) is 2.91. The molecule has 0 aromatic carbocycles. The lowest BCUT2D eigenvalue weighted by Gasteiger charge is -1.98. The molecule has 0 atom stereocenters. The van der Waals surface area contributed by atoms with Gasteiger partial charge in [-0.15, -0.1) is 0 Å². The molecular formula is C6H4ClFN2O2. The monoisotopic (exact) mass is 190 g/mol. The lowest BCUT2D eigenvalue weighted by atomic mass is 10.4. The molecule has 0 aliphatic rings. The third-order valence-corrected chi connectivity index (χ3v) is 1.39. The Hall–Kier alpha value is -1.23. The molecular weight excluding hydrogens is 187 g/mol. The van der Waals surface area contributed by atoms with Crippen molar-refractivity contribution in [1.29, 1.82) is 0 Å². The van der Waals surface area contributed by atoms with Gasteiger partial charge in [0.15, 0.2) is 16.7 Å². The molecule has 0 unspecified atom stereocenters. The minimum absolute atomic E-state index is 0.398. The summed E-state index contributed by atoms with van der Waals surface area (Å²) >= 11 is 5.28. The maximum atomic E-state index is 12.9. The summed E-state index contributed by atoms with van der Waals surface area (Å²) in [6, 6.07) is 0. The van der Waals surface area contributed by atoms with E-state index in [0.29, 0.717) is 0 Å². The van der Waals surface area contributed by atoms with Crippen LogP contribution in [0, 0.1) is 5.82 Å². The summed E-state index contributed by atoms with van der Waals surface area (Å²) in [4.78, 5) is 17.5. The van der Waals surface area contributed by atoms with E-state index in [1.54, 1.807) is 0 Å². The fourth-order valence-corrected chi connectivity index (χ4v) is 0.720. The van der Waals surface area contributed by atoms with Crippen molar-refractivity contribution < 1.29 is 13.9 Å². The Labute approximate surface area is 72.3 Å². The van der Waals surface area contributed by atoms with E-state index >= 15 is 0 Å². The molecule has 0 saturated carbocycles. The summed E-state index contributed by atoms with van der Waals surface area (Å²) < 4.78 is 17.1. The Morgan fingerprint density at radius 1 is 1.67 bits per heavy atom. The molecule has 0 saturated heterocycles. The maximum Gasteiger partial charge on any atom is 0.359 e. The molecule has 4 nitrogen and oxygen atoms in total. The van der Waals surface area contributed by atoms with Crippen molar-refractivity contribution in [3.63, 3.8) is 0 Å². The number of nitrogens with zero attached hydrogens (tertiary/aromatic N) is 2. The van der Waals surface area contributed by atoms with Gasteiger partial charge >= 0.3 is 5.97 Å². The standard InChI is InChI=1S/C6H4ClFN2O2/c1-12-6(11)4-3(8)5(7)10-2-9-4/h2H,1H3. The molecule has 0 amide bonds. The summed E-state index contributed by atoms with van der Waals surface area (Å²) in [5.74, 6) is -1.84. The molecule has 0 bridgehead atoms. The summed E-state index contributed by atoms with van der Waals surface area (Å²) in [6.45, 7) is 0. The van der Waals surface area contributed by atoms with Crippen molar-refractivity contribution in [3.05, 3.63) is 23.0 Å². The van der Waals surface area contributed by atoms with Crippen molar-refractivity contribution in [2.75, 3.05) is 7.11 Å². The van der Waals surface area contributed by atoms with Crippen LogP contribution < -0.4 is 0 Å². The Morgan fingerprint density at radius 3 is 2.92 bits per heavy atom. The van der Waals surface area contributed by atoms with E-state index in [1.807, 2.05) is 0 Å². The van der Waals surface area contributed by atoms with E-state index in [-0.39, 0.29) is 0 Å². The lowest BCUT2D eigenvalue weighted by Crippen LogP contribution is -2.08. The van der Waals surface area contributed by atoms with E-state index in [9.17, 15) is 9.18 Å². The predicted octanol–water partition coefficient (Wildman–Crippen LogP) is 1.06. The van der Waals surface area contributed by atoms with E-state index in [4.69, 9.17) is 11.6 Å². The number of methoxy groups -OCH3 is 1. The van der Waals surface area contributed by atoms with Crippen LogP contribution in [0.5, 0.6) is 0 Å². The highest BCUT2D eigenvalue weighted by molar-refractivity contribution is 6.29. The van der Waals surface area contributed by atoms with Gasteiger partial charge in [0.2, 0.25) is 0 Å². The number of halogens is 2. The first-order chi connectivity index (χ1) is 5.66. The number of hydrogen-bond donors (Lipinski definition) is 0. The van der Waals surface area contributed by atoms with Crippen LogP contribution in [0.3, 0.4) is 0 Å². The SMILES string of the molecule is COC(=O)c1ncnc(Cl)c1F. The average molecular weight is 191 g/mol. The zero-order valence-electron chi connectivity index (χ0n) is 6.04. The normalized spacial score (nSPS) is 9.58. The Morgan fingerprint density at radius 2 is 2.33 bits per heavy atom. The quantitative estimate of drug-likeness (QED) is 0.491. The zero-order valence-corrected chi connectivity index (χ0v) is 6.80. The van der Waals surface area contributed by atoms with Crippen LogP contribution in [-0.2, 0) is 4.74 Å². The number of esters is 1.